The van der Waals surface area contributed by atoms with Crippen LogP contribution in [0.4, 0.5) is 0 Å². The number of benzene rings is 2. The minimum Gasteiger partial charge on any atom is -0.481 e. The van der Waals surface area contributed by atoms with E-state index >= 15 is 0 Å². The third-order valence-corrected chi connectivity index (χ3v) is 5.77. The zero-order valence-corrected chi connectivity index (χ0v) is 22.9. The van der Waals surface area contributed by atoms with Crippen molar-refractivity contribution < 1.29 is 14.7 Å². The molecule has 0 spiro atoms. The number of carboxylic acid groups (broad SMARTS) is 1. The summed E-state index contributed by atoms with van der Waals surface area (Å²) in [6.07, 6.45) is 4.20. The summed E-state index contributed by atoms with van der Waals surface area (Å²) in [7, 11) is 0. The second-order valence-electron chi connectivity index (χ2n) is 7.98. The van der Waals surface area contributed by atoms with Crippen LogP contribution in [0.5, 0.6) is 0 Å². The third-order valence-electron chi connectivity index (χ3n) is 4.83. The van der Waals surface area contributed by atoms with Gasteiger partial charge in [0.15, 0.2) is 0 Å². The maximum Gasteiger partial charge on any atom is 0.305 e. The first-order valence-electron chi connectivity index (χ1n) is 11.1. The highest BCUT2D eigenvalue weighted by molar-refractivity contribution is 9.10. The van der Waals surface area contributed by atoms with Crippen LogP contribution in [-0.4, -0.2) is 38.7 Å². The molecule has 1 atom stereocenters. The number of aliphatic carboxylic acids is 1. The van der Waals surface area contributed by atoms with Gasteiger partial charge in [0, 0.05) is 33.9 Å². The van der Waals surface area contributed by atoms with Gasteiger partial charge < -0.3 is 10.4 Å². The van der Waals surface area contributed by atoms with Gasteiger partial charge in [-0.1, -0.05) is 63.4 Å². The van der Waals surface area contributed by atoms with Crippen molar-refractivity contribution in [2.24, 2.45) is 0 Å². The van der Waals surface area contributed by atoms with E-state index < -0.39 is 5.97 Å². The SMILES string of the molecule is C=C(C)CC(Cl)/C=C/Cl.O=C(O)CCNC(=O)c1ccc(Cn2nccc2-c2cccc(Br)c2)cc1. The average molecular weight is 593 g/mol. The van der Waals surface area contributed by atoms with Crippen molar-refractivity contribution in [1.82, 2.24) is 15.1 Å². The van der Waals surface area contributed by atoms with E-state index in [2.05, 4.69) is 32.9 Å². The van der Waals surface area contributed by atoms with E-state index in [9.17, 15) is 9.59 Å². The molecule has 0 aliphatic heterocycles. The molecule has 0 saturated heterocycles. The van der Waals surface area contributed by atoms with Crippen LogP contribution in [0.2, 0.25) is 0 Å². The van der Waals surface area contributed by atoms with Crippen LogP contribution in [0, 0.1) is 0 Å². The standard InChI is InChI=1S/C20H18BrN3O3.C7H10Cl2/c21-17-3-1-2-16(12-17)18-8-11-23-24(18)13-14-4-6-15(7-5-14)20(27)22-10-9-19(25)26;1-6(2)5-7(9)3-4-8/h1-8,11-12H,9-10,13H2,(H,22,27)(H,25,26);3-4,7H,1,5H2,2H3/b;4-3+. The first-order chi connectivity index (χ1) is 17.2. The number of allylic oxidation sites excluding steroid dienone is 2. The molecule has 0 bridgehead atoms. The van der Waals surface area contributed by atoms with Gasteiger partial charge in [-0.25, -0.2) is 0 Å². The maximum atomic E-state index is 12.0. The number of carbonyl (C=O) groups excluding carboxylic acids is 1. The number of rotatable bonds is 10. The monoisotopic (exact) mass is 591 g/mol. The molecule has 190 valence electrons. The lowest BCUT2D eigenvalue weighted by molar-refractivity contribution is -0.136. The van der Waals surface area contributed by atoms with Gasteiger partial charge in [0.1, 0.15) is 0 Å². The molecule has 6 nitrogen and oxygen atoms in total. The molecule has 2 aromatic carbocycles. The Morgan fingerprint density at radius 1 is 1.22 bits per heavy atom. The summed E-state index contributed by atoms with van der Waals surface area (Å²) in [6, 6.07) is 17.2. The molecule has 0 radical (unpaired) electrons. The highest BCUT2D eigenvalue weighted by atomic mass is 79.9. The normalized spacial score (nSPS) is 11.4. The summed E-state index contributed by atoms with van der Waals surface area (Å²) >= 11 is 14.5. The lowest BCUT2D eigenvalue weighted by atomic mass is 10.1. The Morgan fingerprint density at radius 3 is 2.56 bits per heavy atom. The molecule has 1 aromatic heterocycles. The number of nitrogens with one attached hydrogen (secondary N) is 1. The van der Waals surface area contributed by atoms with E-state index in [-0.39, 0.29) is 24.2 Å². The van der Waals surface area contributed by atoms with Crippen LogP contribution in [0.25, 0.3) is 11.3 Å². The highest BCUT2D eigenvalue weighted by Crippen LogP contribution is 2.23. The second-order valence-corrected chi connectivity index (χ2v) is 9.70. The van der Waals surface area contributed by atoms with Crippen LogP contribution < -0.4 is 5.32 Å². The van der Waals surface area contributed by atoms with E-state index in [1.165, 1.54) is 5.54 Å². The van der Waals surface area contributed by atoms with Gasteiger partial charge in [-0.2, -0.15) is 5.10 Å². The van der Waals surface area contributed by atoms with Crippen molar-refractivity contribution >= 4 is 51.0 Å². The third kappa shape index (κ3) is 10.4. The topological polar surface area (TPSA) is 84.2 Å². The summed E-state index contributed by atoms with van der Waals surface area (Å²) in [5, 5.41) is 15.6. The summed E-state index contributed by atoms with van der Waals surface area (Å²) in [5.74, 6) is -1.22. The maximum absolute atomic E-state index is 12.0. The molecule has 0 fully saturated rings. The molecule has 1 amide bonds. The quantitative estimate of drug-likeness (QED) is 0.198. The van der Waals surface area contributed by atoms with Crippen molar-refractivity contribution in [2.45, 2.75) is 31.7 Å². The summed E-state index contributed by atoms with van der Waals surface area (Å²) in [4.78, 5) is 22.5. The van der Waals surface area contributed by atoms with E-state index in [0.29, 0.717) is 12.1 Å². The molecule has 0 aliphatic rings. The predicted octanol–water partition coefficient (Wildman–Crippen LogP) is 6.88. The Morgan fingerprint density at radius 2 is 1.94 bits per heavy atom. The molecule has 36 heavy (non-hydrogen) atoms. The smallest absolute Gasteiger partial charge is 0.305 e. The Bertz CT molecular complexity index is 1190. The Labute approximate surface area is 229 Å². The van der Waals surface area contributed by atoms with Gasteiger partial charge in [0.05, 0.1) is 24.0 Å². The van der Waals surface area contributed by atoms with Gasteiger partial charge in [-0.05, 0) is 49.2 Å². The van der Waals surface area contributed by atoms with Crippen molar-refractivity contribution in [1.29, 1.82) is 0 Å². The lowest BCUT2D eigenvalue weighted by Crippen LogP contribution is -2.25. The predicted molar refractivity (Wildman–Crippen MR) is 150 cm³/mol. The van der Waals surface area contributed by atoms with Gasteiger partial charge in [0.25, 0.3) is 5.91 Å². The molecule has 9 heteroatoms. The van der Waals surface area contributed by atoms with Crippen molar-refractivity contribution in [3.8, 4) is 11.3 Å². The molecule has 3 aromatic rings. The number of amides is 1. The van der Waals surface area contributed by atoms with Crippen molar-refractivity contribution in [3.63, 3.8) is 0 Å². The summed E-state index contributed by atoms with van der Waals surface area (Å²) in [6.45, 7) is 6.35. The molecule has 0 saturated carbocycles. The second kappa shape index (κ2) is 15.3. The largest absolute Gasteiger partial charge is 0.481 e. The Balaban J connectivity index is 0.000000434. The van der Waals surface area contributed by atoms with Crippen LogP contribution in [-0.2, 0) is 11.3 Å². The summed E-state index contributed by atoms with van der Waals surface area (Å²) in [5.41, 5.74) is 6.09. The van der Waals surface area contributed by atoms with Crippen LogP contribution in [0.15, 0.2) is 89.0 Å². The molecular formula is C27H28BrCl2N3O3. The van der Waals surface area contributed by atoms with Crippen LogP contribution in [0.1, 0.15) is 35.7 Å². The molecule has 0 aliphatic carbocycles. The molecule has 1 heterocycles. The van der Waals surface area contributed by atoms with Gasteiger partial charge >= 0.3 is 5.97 Å². The number of hydrogen-bond acceptors (Lipinski definition) is 3. The number of nitrogens with zero attached hydrogens (tertiary/aromatic N) is 2. The van der Waals surface area contributed by atoms with Crippen LogP contribution in [0.3, 0.4) is 0 Å². The molecule has 2 N–H and O–H groups in total. The number of halogens is 3. The Kier molecular flexibility index (Phi) is 12.5. The van der Waals surface area contributed by atoms with Crippen molar-refractivity contribution in [2.75, 3.05) is 6.54 Å². The van der Waals surface area contributed by atoms with Crippen LogP contribution >= 0.6 is 39.1 Å². The van der Waals surface area contributed by atoms with Gasteiger partial charge in [-0.3, -0.25) is 14.3 Å². The first kappa shape index (κ1) is 29.4. The van der Waals surface area contributed by atoms with E-state index in [4.69, 9.17) is 28.3 Å². The number of hydrogen-bond donors (Lipinski definition) is 2. The minimum atomic E-state index is -0.939. The molecular weight excluding hydrogens is 565 g/mol. The van der Waals surface area contributed by atoms with Crippen molar-refractivity contribution in [3.05, 3.63) is 100 Å². The number of carboxylic acids is 1. The zero-order valence-electron chi connectivity index (χ0n) is 19.8. The minimum absolute atomic E-state index is 0.000000000000000222. The molecule has 3 rings (SSSR count). The van der Waals surface area contributed by atoms with Gasteiger partial charge in [-0.15, -0.1) is 18.2 Å². The fraction of sp³-hybridized carbons (Fsp3) is 0.222. The number of carbonyl (C=O) groups is 2. The van der Waals surface area contributed by atoms with E-state index in [0.717, 1.165) is 33.3 Å². The number of alkyl halides is 1. The lowest BCUT2D eigenvalue weighted by Gasteiger charge is -2.09. The fourth-order valence-electron chi connectivity index (χ4n) is 3.15. The summed E-state index contributed by atoms with van der Waals surface area (Å²) < 4.78 is 2.91. The van der Waals surface area contributed by atoms with E-state index in [1.807, 2.05) is 54.1 Å². The zero-order chi connectivity index (χ0) is 26.5. The Hall–Kier alpha value is -2.87. The fourth-order valence-corrected chi connectivity index (χ4v) is 4.14. The highest BCUT2D eigenvalue weighted by Gasteiger charge is 2.09. The first-order valence-corrected chi connectivity index (χ1v) is 12.8. The van der Waals surface area contributed by atoms with E-state index in [1.54, 1.807) is 24.4 Å². The number of aromatic nitrogens is 2. The average Bonchev–Trinajstić information content (AvgIpc) is 3.27. The van der Waals surface area contributed by atoms with Gasteiger partial charge in [0.2, 0.25) is 0 Å². The molecule has 1 unspecified atom stereocenters.